The van der Waals surface area contributed by atoms with Gasteiger partial charge in [0.1, 0.15) is 18.9 Å². The lowest BCUT2D eigenvalue weighted by Gasteiger charge is -2.33. The minimum atomic E-state index is -0.142. The number of amidine groups is 1. The SMILES string of the molecule is O=C1CN2C(=NN1)COc1ccc(Cl)cc12. The highest BCUT2D eigenvalue weighted by atomic mass is 35.5. The van der Waals surface area contributed by atoms with Gasteiger partial charge in [-0.15, -0.1) is 0 Å². The topological polar surface area (TPSA) is 53.9 Å². The van der Waals surface area contributed by atoms with E-state index in [1.807, 2.05) is 4.90 Å². The molecule has 0 bridgehead atoms. The summed E-state index contributed by atoms with van der Waals surface area (Å²) < 4.78 is 5.50. The van der Waals surface area contributed by atoms with Crippen molar-refractivity contribution >= 4 is 29.0 Å². The Bertz CT molecular complexity index is 501. The molecule has 6 heteroatoms. The van der Waals surface area contributed by atoms with Gasteiger partial charge < -0.3 is 9.64 Å². The largest absolute Gasteiger partial charge is 0.483 e. The molecule has 0 atom stereocenters. The second-order valence-electron chi connectivity index (χ2n) is 3.55. The van der Waals surface area contributed by atoms with Crippen LogP contribution in [0.1, 0.15) is 0 Å². The minimum absolute atomic E-state index is 0.142. The van der Waals surface area contributed by atoms with Crippen LogP contribution >= 0.6 is 11.6 Å². The van der Waals surface area contributed by atoms with Crippen molar-refractivity contribution in [3.05, 3.63) is 23.2 Å². The van der Waals surface area contributed by atoms with Gasteiger partial charge in [0.15, 0.2) is 5.84 Å². The molecule has 16 heavy (non-hydrogen) atoms. The highest BCUT2D eigenvalue weighted by Gasteiger charge is 2.28. The molecule has 2 heterocycles. The van der Waals surface area contributed by atoms with E-state index in [2.05, 4.69) is 10.5 Å². The van der Waals surface area contributed by atoms with Crippen LogP contribution in [-0.4, -0.2) is 24.9 Å². The fourth-order valence-corrected chi connectivity index (χ4v) is 1.92. The molecular weight excluding hydrogens is 230 g/mol. The van der Waals surface area contributed by atoms with Gasteiger partial charge in [-0.25, -0.2) is 5.43 Å². The summed E-state index contributed by atoms with van der Waals surface area (Å²) in [6.45, 7) is 0.602. The van der Waals surface area contributed by atoms with Crippen LogP contribution in [0.25, 0.3) is 0 Å². The number of amides is 1. The van der Waals surface area contributed by atoms with Crippen molar-refractivity contribution in [2.75, 3.05) is 18.1 Å². The van der Waals surface area contributed by atoms with E-state index in [0.717, 1.165) is 11.4 Å². The van der Waals surface area contributed by atoms with E-state index in [9.17, 15) is 4.79 Å². The second kappa shape index (κ2) is 3.38. The van der Waals surface area contributed by atoms with E-state index in [0.29, 0.717) is 17.5 Å². The lowest BCUT2D eigenvalue weighted by molar-refractivity contribution is -0.119. The predicted octanol–water partition coefficient (Wildman–Crippen LogP) is 0.982. The molecule has 3 rings (SSSR count). The van der Waals surface area contributed by atoms with Crippen molar-refractivity contribution in [2.24, 2.45) is 5.10 Å². The quantitative estimate of drug-likeness (QED) is 0.732. The highest BCUT2D eigenvalue weighted by Crippen LogP contribution is 2.34. The number of benzene rings is 1. The molecule has 1 aromatic rings. The number of hydrogen-bond donors (Lipinski definition) is 1. The van der Waals surface area contributed by atoms with Gasteiger partial charge in [0.2, 0.25) is 0 Å². The molecule has 0 aromatic heterocycles. The smallest absolute Gasteiger partial charge is 0.260 e. The number of hydrazone groups is 1. The molecule has 1 aromatic carbocycles. The van der Waals surface area contributed by atoms with Crippen LogP contribution in [-0.2, 0) is 4.79 Å². The molecule has 1 N–H and O–H groups in total. The number of rotatable bonds is 0. The Kier molecular flexibility index (Phi) is 2.00. The van der Waals surface area contributed by atoms with Crippen LogP contribution in [0.3, 0.4) is 0 Å². The average molecular weight is 238 g/mol. The van der Waals surface area contributed by atoms with Crippen LogP contribution < -0.4 is 15.1 Å². The number of nitrogens with one attached hydrogen (secondary N) is 1. The number of anilines is 1. The average Bonchev–Trinajstić information content (AvgIpc) is 2.29. The zero-order chi connectivity index (χ0) is 11.1. The molecule has 2 aliphatic rings. The van der Waals surface area contributed by atoms with Crippen molar-refractivity contribution in [3.63, 3.8) is 0 Å². The van der Waals surface area contributed by atoms with Crippen LogP contribution in [0.4, 0.5) is 5.69 Å². The van der Waals surface area contributed by atoms with Crippen molar-refractivity contribution in [3.8, 4) is 5.75 Å². The molecule has 0 spiro atoms. The van der Waals surface area contributed by atoms with Gasteiger partial charge in [-0.3, -0.25) is 4.79 Å². The molecule has 0 unspecified atom stereocenters. The van der Waals surface area contributed by atoms with Gasteiger partial charge in [0.05, 0.1) is 5.69 Å². The molecule has 82 valence electrons. The Morgan fingerprint density at radius 3 is 3.25 bits per heavy atom. The zero-order valence-corrected chi connectivity index (χ0v) is 8.99. The molecule has 2 aliphatic heterocycles. The first-order chi connectivity index (χ1) is 7.74. The Labute approximate surface area is 96.6 Å². The summed E-state index contributed by atoms with van der Waals surface area (Å²) in [5.41, 5.74) is 3.21. The molecule has 5 nitrogen and oxygen atoms in total. The lowest BCUT2D eigenvalue weighted by Crippen LogP contribution is -2.49. The summed E-state index contributed by atoms with van der Waals surface area (Å²) in [4.78, 5) is 13.1. The summed E-state index contributed by atoms with van der Waals surface area (Å²) in [6, 6.07) is 5.32. The summed E-state index contributed by atoms with van der Waals surface area (Å²) in [5, 5.41) is 4.54. The van der Waals surface area contributed by atoms with Crippen molar-refractivity contribution in [1.82, 2.24) is 5.43 Å². The summed E-state index contributed by atoms with van der Waals surface area (Å²) in [6.07, 6.45) is 0. The highest BCUT2D eigenvalue weighted by molar-refractivity contribution is 6.31. The third-order valence-electron chi connectivity index (χ3n) is 2.49. The van der Waals surface area contributed by atoms with E-state index in [1.54, 1.807) is 18.2 Å². The van der Waals surface area contributed by atoms with Crippen molar-refractivity contribution in [1.29, 1.82) is 0 Å². The molecule has 0 saturated heterocycles. The number of ether oxygens (including phenoxy) is 1. The molecule has 0 aliphatic carbocycles. The first-order valence-corrected chi connectivity index (χ1v) is 5.17. The van der Waals surface area contributed by atoms with E-state index in [-0.39, 0.29) is 12.5 Å². The fraction of sp³-hybridized carbons (Fsp3) is 0.200. The Morgan fingerprint density at radius 2 is 2.38 bits per heavy atom. The first kappa shape index (κ1) is 9.47. The first-order valence-electron chi connectivity index (χ1n) is 4.79. The van der Waals surface area contributed by atoms with Gasteiger partial charge >= 0.3 is 0 Å². The second-order valence-corrected chi connectivity index (χ2v) is 3.99. The number of carbonyl (C=O) groups excluding carboxylic acids is 1. The molecule has 0 fully saturated rings. The van der Waals surface area contributed by atoms with Crippen molar-refractivity contribution in [2.45, 2.75) is 0 Å². The van der Waals surface area contributed by atoms with Crippen LogP contribution in [0.5, 0.6) is 5.75 Å². The molecule has 0 radical (unpaired) electrons. The van der Waals surface area contributed by atoms with Crippen LogP contribution in [0.15, 0.2) is 23.3 Å². The van der Waals surface area contributed by atoms with E-state index < -0.39 is 0 Å². The number of hydrogen-bond acceptors (Lipinski definition) is 4. The molecular formula is C10H8ClN3O2. The summed E-state index contributed by atoms with van der Waals surface area (Å²) in [5.74, 6) is 1.27. The molecule has 0 saturated carbocycles. The fourth-order valence-electron chi connectivity index (χ4n) is 1.76. The monoisotopic (exact) mass is 237 g/mol. The Morgan fingerprint density at radius 1 is 1.50 bits per heavy atom. The summed E-state index contributed by atoms with van der Waals surface area (Å²) >= 11 is 5.92. The predicted molar refractivity (Wildman–Crippen MR) is 59.9 cm³/mol. The normalized spacial score (nSPS) is 17.9. The standard InChI is InChI=1S/C10H8ClN3O2/c11-6-1-2-8-7(3-6)14-4-10(15)13-12-9(14)5-16-8/h1-3H,4-5H2,(H,13,15). The van der Waals surface area contributed by atoms with E-state index in [1.165, 1.54) is 0 Å². The third-order valence-corrected chi connectivity index (χ3v) is 2.73. The number of carbonyl (C=O) groups is 1. The Balaban J connectivity index is 2.10. The molecule has 1 amide bonds. The number of halogens is 1. The van der Waals surface area contributed by atoms with Crippen molar-refractivity contribution < 1.29 is 9.53 Å². The van der Waals surface area contributed by atoms with Gasteiger partial charge in [0.25, 0.3) is 5.91 Å². The zero-order valence-electron chi connectivity index (χ0n) is 8.24. The minimum Gasteiger partial charge on any atom is -0.483 e. The van der Waals surface area contributed by atoms with E-state index >= 15 is 0 Å². The number of fused-ring (bicyclic) bond motifs is 3. The van der Waals surface area contributed by atoms with Crippen LogP contribution in [0.2, 0.25) is 5.02 Å². The maximum Gasteiger partial charge on any atom is 0.260 e. The van der Waals surface area contributed by atoms with Gasteiger partial charge in [-0.1, -0.05) is 11.6 Å². The van der Waals surface area contributed by atoms with Crippen LogP contribution in [0, 0.1) is 0 Å². The third kappa shape index (κ3) is 1.40. The maximum atomic E-state index is 11.3. The maximum absolute atomic E-state index is 11.3. The van der Waals surface area contributed by atoms with Gasteiger partial charge in [-0.2, -0.15) is 5.10 Å². The Hall–Kier alpha value is -1.75. The van der Waals surface area contributed by atoms with Gasteiger partial charge in [0, 0.05) is 5.02 Å². The number of nitrogens with zero attached hydrogens (tertiary/aromatic N) is 2. The lowest BCUT2D eigenvalue weighted by atomic mass is 10.2. The van der Waals surface area contributed by atoms with Gasteiger partial charge in [-0.05, 0) is 18.2 Å². The van der Waals surface area contributed by atoms with E-state index in [4.69, 9.17) is 16.3 Å². The summed E-state index contributed by atoms with van der Waals surface area (Å²) in [7, 11) is 0.